The number of carbonyl (C=O) groups is 1. The standard InChI is InChI=1S/C12H18N2O/c1-3-9(2)14-8-10-5-4-6-11(7-10)12(13)15/h4-7,9,14H,3,8H2,1-2H3,(H2,13,15). The first-order valence-electron chi connectivity index (χ1n) is 5.25. The zero-order chi connectivity index (χ0) is 11.3. The second-order valence-electron chi connectivity index (χ2n) is 3.75. The largest absolute Gasteiger partial charge is 0.366 e. The first-order valence-corrected chi connectivity index (χ1v) is 5.25. The Morgan fingerprint density at radius 1 is 1.53 bits per heavy atom. The summed E-state index contributed by atoms with van der Waals surface area (Å²) in [6.07, 6.45) is 1.09. The van der Waals surface area contributed by atoms with Gasteiger partial charge in [0.1, 0.15) is 0 Å². The Kier molecular flexibility index (Phi) is 4.31. The lowest BCUT2D eigenvalue weighted by atomic mass is 10.1. The van der Waals surface area contributed by atoms with Crippen molar-refractivity contribution in [3.63, 3.8) is 0 Å². The van der Waals surface area contributed by atoms with Crippen molar-refractivity contribution in [3.8, 4) is 0 Å². The average Bonchev–Trinajstić information content (AvgIpc) is 2.26. The van der Waals surface area contributed by atoms with Crippen molar-refractivity contribution >= 4 is 5.91 Å². The highest BCUT2D eigenvalue weighted by atomic mass is 16.1. The summed E-state index contributed by atoms with van der Waals surface area (Å²) >= 11 is 0. The highest BCUT2D eigenvalue weighted by Gasteiger charge is 2.02. The number of benzene rings is 1. The minimum absolute atomic E-state index is 0.375. The lowest BCUT2D eigenvalue weighted by Crippen LogP contribution is -2.24. The molecular formula is C12H18N2O. The Labute approximate surface area is 90.7 Å². The van der Waals surface area contributed by atoms with Crippen LogP contribution in [0.25, 0.3) is 0 Å². The maximum Gasteiger partial charge on any atom is 0.248 e. The molecule has 3 nitrogen and oxygen atoms in total. The molecule has 1 rings (SSSR count). The lowest BCUT2D eigenvalue weighted by Gasteiger charge is -2.11. The van der Waals surface area contributed by atoms with Crippen LogP contribution in [0.2, 0.25) is 0 Å². The molecule has 0 saturated heterocycles. The fourth-order valence-electron chi connectivity index (χ4n) is 1.27. The second kappa shape index (κ2) is 5.51. The predicted molar refractivity (Wildman–Crippen MR) is 61.6 cm³/mol. The summed E-state index contributed by atoms with van der Waals surface area (Å²) in [5.74, 6) is -0.375. The van der Waals surface area contributed by atoms with Crippen molar-refractivity contribution in [1.82, 2.24) is 5.32 Å². The highest BCUT2D eigenvalue weighted by Crippen LogP contribution is 2.05. The van der Waals surface area contributed by atoms with Crippen molar-refractivity contribution in [2.24, 2.45) is 5.73 Å². The van der Waals surface area contributed by atoms with Crippen LogP contribution in [0.4, 0.5) is 0 Å². The molecule has 0 aliphatic carbocycles. The Balaban J connectivity index is 2.62. The van der Waals surface area contributed by atoms with E-state index < -0.39 is 0 Å². The van der Waals surface area contributed by atoms with Gasteiger partial charge >= 0.3 is 0 Å². The van der Waals surface area contributed by atoms with Gasteiger partial charge in [0.25, 0.3) is 0 Å². The Hall–Kier alpha value is -1.35. The summed E-state index contributed by atoms with van der Waals surface area (Å²) in [6, 6.07) is 7.89. The van der Waals surface area contributed by atoms with Gasteiger partial charge in [-0.1, -0.05) is 19.1 Å². The van der Waals surface area contributed by atoms with E-state index in [0.29, 0.717) is 11.6 Å². The lowest BCUT2D eigenvalue weighted by molar-refractivity contribution is 0.1000. The van der Waals surface area contributed by atoms with Crippen LogP contribution in [0.3, 0.4) is 0 Å². The minimum Gasteiger partial charge on any atom is -0.366 e. The summed E-state index contributed by atoms with van der Waals surface area (Å²) in [5, 5.41) is 3.36. The fourth-order valence-corrected chi connectivity index (χ4v) is 1.27. The smallest absolute Gasteiger partial charge is 0.248 e. The van der Waals surface area contributed by atoms with Crippen LogP contribution in [0.5, 0.6) is 0 Å². The topological polar surface area (TPSA) is 55.1 Å². The van der Waals surface area contributed by atoms with Gasteiger partial charge in [-0.2, -0.15) is 0 Å². The number of nitrogens with two attached hydrogens (primary N) is 1. The van der Waals surface area contributed by atoms with E-state index >= 15 is 0 Å². The van der Waals surface area contributed by atoms with Crippen LogP contribution in [-0.2, 0) is 6.54 Å². The van der Waals surface area contributed by atoms with Crippen LogP contribution in [0.1, 0.15) is 36.2 Å². The van der Waals surface area contributed by atoms with E-state index in [4.69, 9.17) is 5.73 Å². The molecule has 0 heterocycles. The zero-order valence-electron chi connectivity index (χ0n) is 9.29. The molecule has 1 aromatic rings. The molecule has 1 aromatic carbocycles. The number of amides is 1. The van der Waals surface area contributed by atoms with Crippen molar-refractivity contribution < 1.29 is 4.79 Å². The van der Waals surface area contributed by atoms with Gasteiger partial charge in [0.2, 0.25) is 5.91 Å². The molecule has 1 unspecified atom stereocenters. The van der Waals surface area contributed by atoms with E-state index in [1.54, 1.807) is 6.07 Å². The number of primary amides is 1. The fraction of sp³-hybridized carbons (Fsp3) is 0.417. The van der Waals surface area contributed by atoms with Gasteiger partial charge in [0.15, 0.2) is 0 Å². The molecule has 1 amide bonds. The Bertz CT molecular complexity index is 336. The normalized spacial score (nSPS) is 12.4. The second-order valence-corrected chi connectivity index (χ2v) is 3.75. The number of rotatable bonds is 5. The molecule has 1 atom stereocenters. The van der Waals surface area contributed by atoms with Crippen molar-refractivity contribution in [3.05, 3.63) is 35.4 Å². The van der Waals surface area contributed by atoms with Crippen LogP contribution in [-0.4, -0.2) is 11.9 Å². The highest BCUT2D eigenvalue weighted by molar-refractivity contribution is 5.92. The van der Waals surface area contributed by atoms with Crippen molar-refractivity contribution in [1.29, 1.82) is 0 Å². The van der Waals surface area contributed by atoms with E-state index in [2.05, 4.69) is 19.2 Å². The first-order chi connectivity index (χ1) is 7.13. The predicted octanol–water partition coefficient (Wildman–Crippen LogP) is 1.67. The molecule has 0 aromatic heterocycles. The van der Waals surface area contributed by atoms with Gasteiger partial charge in [-0.05, 0) is 31.0 Å². The third-order valence-corrected chi connectivity index (χ3v) is 2.48. The van der Waals surface area contributed by atoms with E-state index in [9.17, 15) is 4.79 Å². The molecule has 0 aliphatic rings. The minimum atomic E-state index is -0.375. The van der Waals surface area contributed by atoms with E-state index in [1.165, 1.54) is 0 Å². The van der Waals surface area contributed by atoms with Crippen LogP contribution < -0.4 is 11.1 Å². The monoisotopic (exact) mass is 206 g/mol. The molecule has 0 bridgehead atoms. The maximum atomic E-state index is 10.9. The van der Waals surface area contributed by atoms with Gasteiger partial charge in [-0.15, -0.1) is 0 Å². The van der Waals surface area contributed by atoms with Gasteiger partial charge in [-0.3, -0.25) is 4.79 Å². The molecular weight excluding hydrogens is 188 g/mol. The zero-order valence-corrected chi connectivity index (χ0v) is 9.29. The molecule has 0 aliphatic heterocycles. The average molecular weight is 206 g/mol. The summed E-state index contributed by atoms with van der Waals surface area (Å²) in [4.78, 5) is 10.9. The van der Waals surface area contributed by atoms with Gasteiger partial charge in [0.05, 0.1) is 0 Å². The van der Waals surface area contributed by atoms with Crippen molar-refractivity contribution in [2.75, 3.05) is 0 Å². The summed E-state index contributed by atoms with van der Waals surface area (Å²) < 4.78 is 0. The SMILES string of the molecule is CCC(C)NCc1cccc(C(N)=O)c1. The number of nitrogens with one attached hydrogen (secondary N) is 1. The maximum absolute atomic E-state index is 10.9. The number of hydrogen-bond acceptors (Lipinski definition) is 2. The molecule has 3 heteroatoms. The number of hydrogen-bond donors (Lipinski definition) is 2. The quantitative estimate of drug-likeness (QED) is 0.770. The molecule has 0 fully saturated rings. The van der Waals surface area contributed by atoms with Gasteiger partial charge in [-0.25, -0.2) is 0 Å². The van der Waals surface area contributed by atoms with E-state index in [0.717, 1.165) is 18.5 Å². The summed E-state index contributed by atoms with van der Waals surface area (Å²) in [6.45, 7) is 5.05. The molecule has 82 valence electrons. The van der Waals surface area contributed by atoms with Crippen LogP contribution in [0.15, 0.2) is 24.3 Å². The third kappa shape index (κ3) is 3.72. The van der Waals surface area contributed by atoms with Gasteiger partial charge < -0.3 is 11.1 Å². The van der Waals surface area contributed by atoms with E-state index in [1.807, 2.05) is 18.2 Å². The Morgan fingerprint density at radius 2 is 2.27 bits per heavy atom. The number of carbonyl (C=O) groups excluding carboxylic acids is 1. The van der Waals surface area contributed by atoms with Gasteiger partial charge in [0, 0.05) is 18.2 Å². The third-order valence-electron chi connectivity index (χ3n) is 2.48. The molecule has 0 spiro atoms. The molecule has 0 radical (unpaired) electrons. The van der Waals surface area contributed by atoms with Crippen LogP contribution in [0, 0.1) is 0 Å². The van der Waals surface area contributed by atoms with Crippen LogP contribution >= 0.6 is 0 Å². The molecule has 15 heavy (non-hydrogen) atoms. The summed E-state index contributed by atoms with van der Waals surface area (Å²) in [5.41, 5.74) is 6.86. The summed E-state index contributed by atoms with van der Waals surface area (Å²) in [7, 11) is 0. The first kappa shape index (κ1) is 11.7. The molecule has 0 saturated carbocycles. The van der Waals surface area contributed by atoms with Crippen molar-refractivity contribution in [2.45, 2.75) is 32.9 Å². The Morgan fingerprint density at radius 3 is 2.87 bits per heavy atom. The van der Waals surface area contributed by atoms with E-state index in [-0.39, 0.29) is 5.91 Å². The molecule has 3 N–H and O–H groups in total.